The van der Waals surface area contributed by atoms with E-state index in [1.807, 2.05) is 49.4 Å². The molecule has 0 heterocycles. The van der Waals surface area contributed by atoms with E-state index in [1.165, 1.54) is 12.3 Å². The fourth-order valence-corrected chi connectivity index (χ4v) is 2.61. The Morgan fingerprint density at radius 2 is 1.50 bits per heavy atom. The Morgan fingerprint density at radius 3 is 2.22 bits per heavy atom. The van der Waals surface area contributed by atoms with Crippen molar-refractivity contribution < 1.29 is 19.1 Å². The second-order valence-corrected chi connectivity index (χ2v) is 6.70. The van der Waals surface area contributed by atoms with Crippen LogP contribution in [0, 0.1) is 6.92 Å². The van der Waals surface area contributed by atoms with Crippen LogP contribution in [0.3, 0.4) is 0 Å². The third kappa shape index (κ3) is 6.77. The summed E-state index contributed by atoms with van der Waals surface area (Å²) in [6.45, 7) is 1.83. The lowest BCUT2D eigenvalue weighted by Gasteiger charge is -2.06. The number of amides is 2. The fourth-order valence-electron chi connectivity index (χ4n) is 2.61. The van der Waals surface area contributed by atoms with Gasteiger partial charge in [0, 0.05) is 11.8 Å². The fraction of sp³-hybridized carbons (Fsp3) is 0.0400. The molecule has 3 aromatic carbocycles. The van der Waals surface area contributed by atoms with Crippen LogP contribution in [0.15, 0.2) is 90.0 Å². The predicted molar refractivity (Wildman–Crippen MR) is 123 cm³/mol. The third-order valence-electron chi connectivity index (χ3n) is 4.29. The van der Waals surface area contributed by atoms with Gasteiger partial charge in [-0.3, -0.25) is 9.59 Å². The quantitative estimate of drug-likeness (QED) is 0.157. The van der Waals surface area contributed by atoms with Gasteiger partial charge in [-0.2, -0.15) is 5.10 Å². The number of nitrogens with one attached hydrogen (secondary N) is 2. The number of carbonyl (C=O) groups excluding carboxylic acids is 3. The molecule has 32 heavy (non-hydrogen) atoms. The summed E-state index contributed by atoms with van der Waals surface area (Å²) in [5, 5.41) is 6.30. The van der Waals surface area contributed by atoms with Crippen LogP contribution in [0.5, 0.6) is 5.75 Å². The van der Waals surface area contributed by atoms with Gasteiger partial charge in [0.25, 0.3) is 0 Å². The Hall–Kier alpha value is -4.52. The lowest BCUT2D eigenvalue weighted by molar-refractivity contribution is -0.136. The molecule has 3 aromatic rings. The van der Waals surface area contributed by atoms with Crippen LogP contribution in [0.2, 0.25) is 0 Å². The number of anilines is 1. The standard InChI is InChI=1S/C25H21N3O4/c1-18-7-5-6-10-22(18)27-24(30)25(31)28-26-17-20-11-14-21(15-12-20)32-23(29)16-13-19-8-3-2-4-9-19/h2-17H,1H3,(H,27,30)(H,28,31). The molecule has 0 aromatic heterocycles. The van der Waals surface area contributed by atoms with Gasteiger partial charge in [-0.1, -0.05) is 48.5 Å². The Kier molecular flexibility index (Phi) is 7.64. The van der Waals surface area contributed by atoms with E-state index >= 15 is 0 Å². The Morgan fingerprint density at radius 1 is 0.812 bits per heavy atom. The van der Waals surface area contributed by atoms with Gasteiger partial charge in [0.1, 0.15) is 5.75 Å². The first kappa shape index (κ1) is 22.2. The van der Waals surface area contributed by atoms with E-state index in [0.717, 1.165) is 11.1 Å². The first-order valence-electron chi connectivity index (χ1n) is 9.76. The van der Waals surface area contributed by atoms with Crippen LogP contribution >= 0.6 is 0 Å². The highest BCUT2D eigenvalue weighted by Gasteiger charge is 2.13. The lowest BCUT2D eigenvalue weighted by Crippen LogP contribution is -2.32. The number of hydrazone groups is 1. The average Bonchev–Trinajstić information content (AvgIpc) is 2.81. The van der Waals surface area contributed by atoms with Crippen molar-refractivity contribution in [2.45, 2.75) is 6.92 Å². The highest BCUT2D eigenvalue weighted by atomic mass is 16.5. The number of aryl methyl sites for hydroxylation is 1. The molecule has 0 bridgehead atoms. The first-order chi connectivity index (χ1) is 15.5. The van der Waals surface area contributed by atoms with Crippen molar-refractivity contribution in [2.24, 2.45) is 5.10 Å². The molecule has 0 saturated carbocycles. The molecule has 2 amide bonds. The summed E-state index contributed by atoms with van der Waals surface area (Å²) in [7, 11) is 0. The van der Waals surface area contributed by atoms with E-state index < -0.39 is 17.8 Å². The number of rotatable bonds is 6. The van der Waals surface area contributed by atoms with Crippen molar-refractivity contribution in [1.29, 1.82) is 0 Å². The second-order valence-electron chi connectivity index (χ2n) is 6.70. The van der Waals surface area contributed by atoms with Crippen LogP contribution in [-0.2, 0) is 14.4 Å². The number of esters is 1. The van der Waals surface area contributed by atoms with E-state index in [4.69, 9.17) is 4.74 Å². The van der Waals surface area contributed by atoms with Crippen molar-refractivity contribution in [3.05, 3.63) is 102 Å². The molecule has 0 fully saturated rings. The molecule has 0 atom stereocenters. The van der Waals surface area contributed by atoms with E-state index in [2.05, 4.69) is 15.8 Å². The molecule has 7 heteroatoms. The summed E-state index contributed by atoms with van der Waals surface area (Å²) < 4.78 is 5.24. The van der Waals surface area contributed by atoms with E-state index in [0.29, 0.717) is 17.0 Å². The monoisotopic (exact) mass is 427 g/mol. The molecule has 0 spiro atoms. The topological polar surface area (TPSA) is 96.9 Å². The molecule has 0 unspecified atom stereocenters. The van der Waals surface area contributed by atoms with Crippen LogP contribution in [0.1, 0.15) is 16.7 Å². The predicted octanol–water partition coefficient (Wildman–Crippen LogP) is 3.70. The van der Waals surface area contributed by atoms with Crippen molar-refractivity contribution in [3.63, 3.8) is 0 Å². The number of nitrogens with zero attached hydrogens (tertiary/aromatic N) is 1. The zero-order chi connectivity index (χ0) is 22.8. The Bertz CT molecular complexity index is 1150. The van der Waals surface area contributed by atoms with Crippen molar-refractivity contribution in [2.75, 3.05) is 5.32 Å². The molecular formula is C25H21N3O4. The number of para-hydroxylation sites is 1. The third-order valence-corrected chi connectivity index (χ3v) is 4.29. The van der Waals surface area contributed by atoms with Gasteiger partial charge in [0.05, 0.1) is 6.21 Å². The van der Waals surface area contributed by atoms with Gasteiger partial charge in [-0.15, -0.1) is 0 Å². The number of benzene rings is 3. The van der Waals surface area contributed by atoms with Gasteiger partial charge in [0.2, 0.25) is 0 Å². The summed E-state index contributed by atoms with van der Waals surface area (Å²) in [4.78, 5) is 35.7. The van der Waals surface area contributed by atoms with Crippen molar-refractivity contribution in [1.82, 2.24) is 5.43 Å². The van der Waals surface area contributed by atoms with E-state index in [-0.39, 0.29) is 0 Å². The zero-order valence-electron chi connectivity index (χ0n) is 17.3. The van der Waals surface area contributed by atoms with Gasteiger partial charge < -0.3 is 10.1 Å². The highest BCUT2D eigenvalue weighted by molar-refractivity contribution is 6.39. The molecule has 7 nitrogen and oxygen atoms in total. The lowest BCUT2D eigenvalue weighted by atomic mass is 10.2. The van der Waals surface area contributed by atoms with Gasteiger partial charge >= 0.3 is 17.8 Å². The Labute approximate surface area is 185 Å². The van der Waals surface area contributed by atoms with Crippen LogP contribution in [-0.4, -0.2) is 24.0 Å². The van der Waals surface area contributed by atoms with Crippen LogP contribution < -0.4 is 15.5 Å². The van der Waals surface area contributed by atoms with Gasteiger partial charge in [0.15, 0.2) is 0 Å². The maximum Gasteiger partial charge on any atom is 0.336 e. The molecule has 3 rings (SSSR count). The van der Waals surface area contributed by atoms with Gasteiger partial charge in [-0.25, -0.2) is 10.2 Å². The minimum atomic E-state index is -0.889. The minimum absolute atomic E-state index is 0.367. The number of ether oxygens (including phenoxy) is 1. The molecular weight excluding hydrogens is 406 g/mol. The largest absolute Gasteiger partial charge is 0.423 e. The summed E-state index contributed by atoms with van der Waals surface area (Å²) in [6.07, 6.45) is 4.39. The van der Waals surface area contributed by atoms with Crippen LogP contribution in [0.25, 0.3) is 6.08 Å². The summed E-state index contributed by atoms with van der Waals surface area (Å²) in [5.41, 5.74) is 5.11. The number of hydrogen-bond donors (Lipinski definition) is 2. The molecule has 160 valence electrons. The van der Waals surface area contributed by atoms with Crippen molar-refractivity contribution in [3.8, 4) is 5.75 Å². The molecule has 2 N–H and O–H groups in total. The maximum absolute atomic E-state index is 11.9. The molecule has 0 aliphatic carbocycles. The molecule has 0 aliphatic rings. The van der Waals surface area contributed by atoms with E-state index in [9.17, 15) is 14.4 Å². The SMILES string of the molecule is Cc1ccccc1NC(=O)C(=O)NN=Cc1ccc(OC(=O)C=Cc2ccccc2)cc1. The first-order valence-corrected chi connectivity index (χ1v) is 9.76. The minimum Gasteiger partial charge on any atom is -0.423 e. The average molecular weight is 427 g/mol. The van der Waals surface area contributed by atoms with Crippen LogP contribution in [0.4, 0.5) is 5.69 Å². The van der Waals surface area contributed by atoms with E-state index in [1.54, 1.807) is 42.5 Å². The van der Waals surface area contributed by atoms with Gasteiger partial charge in [-0.05, 0) is 60.0 Å². The molecule has 0 saturated heterocycles. The molecule has 0 radical (unpaired) electrons. The normalized spacial score (nSPS) is 10.8. The Balaban J connectivity index is 1.48. The number of hydrogen-bond acceptors (Lipinski definition) is 5. The summed E-state index contributed by atoms with van der Waals surface area (Å²) >= 11 is 0. The summed E-state index contributed by atoms with van der Waals surface area (Å²) in [6, 6.07) is 23.1. The zero-order valence-corrected chi connectivity index (χ0v) is 17.3. The second kappa shape index (κ2) is 11.0. The highest BCUT2D eigenvalue weighted by Crippen LogP contribution is 2.13. The summed E-state index contributed by atoms with van der Waals surface area (Å²) in [5.74, 6) is -1.84. The molecule has 0 aliphatic heterocycles. The maximum atomic E-state index is 11.9. The number of carbonyl (C=O) groups is 3. The van der Waals surface area contributed by atoms with Crippen molar-refractivity contribution >= 4 is 35.8 Å². The smallest absolute Gasteiger partial charge is 0.336 e.